The predicted molar refractivity (Wildman–Crippen MR) is 92.8 cm³/mol. The van der Waals surface area contributed by atoms with Crippen LogP contribution in [0.3, 0.4) is 0 Å². The molecule has 0 spiro atoms. The molecule has 3 aromatic rings. The van der Waals surface area contributed by atoms with Gasteiger partial charge < -0.3 is 9.84 Å². The minimum absolute atomic E-state index is 0.170. The molecule has 0 atom stereocenters. The summed E-state index contributed by atoms with van der Waals surface area (Å²) in [5.74, 6) is 0.0724. The van der Waals surface area contributed by atoms with Gasteiger partial charge in [-0.2, -0.15) is 4.98 Å². The number of benzene rings is 2. The van der Waals surface area contributed by atoms with Gasteiger partial charge in [-0.1, -0.05) is 28.9 Å². The number of halogens is 2. The summed E-state index contributed by atoms with van der Waals surface area (Å²) in [5.41, 5.74) is 2.11. The molecule has 1 amide bonds. The van der Waals surface area contributed by atoms with Crippen LogP contribution in [0.25, 0.3) is 11.4 Å². The van der Waals surface area contributed by atoms with Gasteiger partial charge in [0.05, 0.1) is 0 Å². The van der Waals surface area contributed by atoms with Crippen LogP contribution in [0.5, 0.6) is 0 Å². The van der Waals surface area contributed by atoms with Crippen LogP contribution in [0.4, 0.5) is 10.1 Å². The van der Waals surface area contributed by atoms with Gasteiger partial charge in [0.25, 0.3) is 0 Å². The number of hydrogen-bond donors (Lipinski definition) is 1. The number of aromatic nitrogens is 2. The standard InChI is InChI=1S/C18H15ClFN3O2/c1-11-9-13(19)5-6-15(11)21-16(24)7-8-17-22-18(23-25-17)12-3-2-4-14(20)10-12/h2-6,9-10H,7-8H2,1H3,(H,21,24). The molecule has 0 aliphatic rings. The summed E-state index contributed by atoms with van der Waals surface area (Å²) in [4.78, 5) is 16.2. The molecule has 2 aromatic carbocycles. The predicted octanol–water partition coefficient (Wildman–Crippen LogP) is 4.41. The Morgan fingerprint density at radius 2 is 2.12 bits per heavy atom. The van der Waals surface area contributed by atoms with Gasteiger partial charge in [0.2, 0.25) is 17.6 Å². The summed E-state index contributed by atoms with van der Waals surface area (Å²) >= 11 is 5.89. The van der Waals surface area contributed by atoms with Gasteiger partial charge in [0.1, 0.15) is 5.82 Å². The van der Waals surface area contributed by atoms with Crippen molar-refractivity contribution in [3.8, 4) is 11.4 Å². The minimum Gasteiger partial charge on any atom is -0.339 e. The van der Waals surface area contributed by atoms with E-state index in [2.05, 4.69) is 15.5 Å². The summed E-state index contributed by atoms with van der Waals surface area (Å²) < 4.78 is 18.3. The summed E-state index contributed by atoms with van der Waals surface area (Å²) in [7, 11) is 0. The molecule has 0 unspecified atom stereocenters. The third-order valence-corrected chi connectivity index (χ3v) is 3.81. The second-order valence-electron chi connectivity index (χ2n) is 5.53. The summed E-state index contributed by atoms with van der Waals surface area (Å²) in [5, 5.41) is 7.25. The first kappa shape index (κ1) is 17.1. The van der Waals surface area contributed by atoms with Crippen molar-refractivity contribution in [2.24, 2.45) is 0 Å². The van der Waals surface area contributed by atoms with Gasteiger partial charge in [-0.05, 0) is 42.8 Å². The van der Waals surface area contributed by atoms with Gasteiger partial charge in [0.15, 0.2) is 0 Å². The second-order valence-corrected chi connectivity index (χ2v) is 5.97. The molecule has 0 saturated carbocycles. The van der Waals surface area contributed by atoms with Crippen molar-refractivity contribution in [3.63, 3.8) is 0 Å². The Kier molecular flexibility index (Phi) is 5.09. The largest absolute Gasteiger partial charge is 0.339 e. The molecule has 0 aliphatic carbocycles. The highest BCUT2D eigenvalue weighted by Gasteiger charge is 2.12. The number of carbonyl (C=O) groups excluding carboxylic acids is 1. The fourth-order valence-electron chi connectivity index (χ4n) is 2.30. The van der Waals surface area contributed by atoms with Crippen molar-refractivity contribution in [1.82, 2.24) is 10.1 Å². The average Bonchev–Trinajstić information content (AvgIpc) is 3.05. The van der Waals surface area contributed by atoms with Gasteiger partial charge in [-0.25, -0.2) is 4.39 Å². The van der Waals surface area contributed by atoms with Crippen molar-refractivity contribution in [2.45, 2.75) is 19.8 Å². The van der Waals surface area contributed by atoms with Crippen LogP contribution < -0.4 is 5.32 Å². The molecule has 0 aliphatic heterocycles. The Bertz CT molecular complexity index is 911. The van der Waals surface area contributed by atoms with Crippen LogP contribution in [-0.4, -0.2) is 16.0 Å². The van der Waals surface area contributed by atoms with Crippen molar-refractivity contribution in [3.05, 3.63) is 64.8 Å². The smallest absolute Gasteiger partial charge is 0.227 e. The minimum atomic E-state index is -0.374. The molecule has 1 heterocycles. The molecule has 3 rings (SSSR count). The zero-order valence-electron chi connectivity index (χ0n) is 13.4. The maximum absolute atomic E-state index is 13.2. The van der Waals surface area contributed by atoms with E-state index in [1.165, 1.54) is 12.1 Å². The first-order valence-electron chi connectivity index (χ1n) is 7.66. The highest BCUT2D eigenvalue weighted by Crippen LogP contribution is 2.20. The van der Waals surface area contributed by atoms with E-state index in [9.17, 15) is 9.18 Å². The Hall–Kier alpha value is -2.73. The third kappa shape index (κ3) is 4.42. The van der Waals surface area contributed by atoms with E-state index in [0.29, 0.717) is 34.4 Å². The molecule has 7 heteroatoms. The molecule has 0 fully saturated rings. The molecule has 0 saturated heterocycles. The molecule has 5 nitrogen and oxygen atoms in total. The average molecular weight is 360 g/mol. The van der Waals surface area contributed by atoms with E-state index >= 15 is 0 Å². The van der Waals surface area contributed by atoms with Crippen LogP contribution in [0.1, 0.15) is 17.9 Å². The second kappa shape index (κ2) is 7.44. The lowest BCUT2D eigenvalue weighted by Gasteiger charge is -2.07. The zero-order valence-corrected chi connectivity index (χ0v) is 14.2. The molecule has 1 aromatic heterocycles. The van der Waals surface area contributed by atoms with E-state index < -0.39 is 0 Å². The maximum Gasteiger partial charge on any atom is 0.227 e. The van der Waals surface area contributed by atoms with E-state index in [1.807, 2.05) is 6.92 Å². The van der Waals surface area contributed by atoms with E-state index in [1.54, 1.807) is 30.3 Å². The van der Waals surface area contributed by atoms with Crippen molar-refractivity contribution in [1.29, 1.82) is 0 Å². The van der Waals surface area contributed by atoms with E-state index in [0.717, 1.165) is 5.56 Å². The fourth-order valence-corrected chi connectivity index (χ4v) is 2.53. The van der Waals surface area contributed by atoms with Gasteiger partial charge in [-0.15, -0.1) is 0 Å². The molecular formula is C18H15ClFN3O2. The lowest BCUT2D eigenvalue weighted by atomic mass is 10.2. The Balaban J connectivity index is 1.59. The van der Waals surface area contributed by atoms with E-state index in [-0.39, 0.29) is 18.1 Å². The van der Waals surface area contributed by atoms with Gasteiger partial charge in [-0.3, -0.25) is 4.79 Å². The molecule has 0 radical (unpaired) electrons. The Morgan fingerprint density at radius 3 is 2.88 bits per heavy atom. The van der Waals surface area contributed by atoms with Crippen molar-refractivity contribution < 1.29 is 13.7 Å². The van der Waals surface area contributed by atoms with Crippen molar-refractivity contribution >= 4 is 23.2 Å². The first-order valence-corrected chi connectivity index (χ1v) is 8.03. The van der Waals surface area contributed by atoms with Crippen LogP contribution in [0.15, 0.2) is 47.0 Å². The summed E-state index contributed by atoms with van der Waals surface area (Å²) in [6.07, 6.45) is 0.480. The lowest BCUT2D eigenvalue weighted by Crippen LogP contribution is -2.13. The molecule has 0 bridgehead atoms. The SMILES string of the molecule is Cc1cc(Cl)ccc1NC(=O)CCc1nc(-c2cccc(F)c2)no1. The van der Waals surface area contributed by atoms with Gasteiger partial charge >= 0.3 is 0 Å². The lowest BCUT2D eigenvalue weighted by molar-refractivity contribution is -0.116. The number of nitrogens with zero attached hydrogens (tertiary/aromatic N) is 2. The zero-order chi connectivity index (χ0) is 17.8. The van der Waals surface area contributed by atoms with Crippen LogP contribution >= 0.6 is 11.6 Å². The highest BCUT2D eigenvalue weighted by atomic mass is 35.5. The number of anilines is 1. The number of amides is 1. The first-order chi connectivity index (χ1) is 12.0. The third-order valence-electron chi connectivity index (χ3n) is 3.58. The van der Waals surface area contributed by atoms with Crippen LogP contribution in [-0.2, 0) is 11.2 Å². The van der Waals surface area contributed by atoms with E-state index in [4.69, 9.17) is 16.1 Å². The molecule has 25 heavy (non-hydrogen) atoms. The van der Waals surface area contributed by atoms with Gasteiger partial charge in [0, 0.05) is 29.1 Å². The molecule has 128 valence electrons. The highest BCUT2D eigenvalue weighted by molar-refractivity contribution is 6.30. The normalized spacial score (nSPS) is 10.7. The number of carbonyl (C=O) groups is 1. The van der Waals surface area contributed by atoms with Crippen LogP contribution in [0, 0.1) is 12.7 Å². The quantitative estimate of drug-likeness (QED) is 0.732. The Labute approximate surface area is 148 Å². The van der Waals surface area contributed by atoms with Crippen molar-refractivity contribution in [2.75, 3.05) is 5.32 Å². The number of aryl methyl sites for hydroxylation is 2. The monoisotopic (exact) mass is 359 g/mol. The number of nitrogens with one attached hydrogen (secondary N) is 1. The number of rotatable bonds is 5. The fraction of sp³-hybridized carbons (Fsp3) is 0.167. The molecular weight excluding hydrogens is 345 g/mol. The Morgan fingerprint density at radius 1 is 1.28 bits per heavy atom. The topological polar surface area (TPSA) is 68.0 Å². The number of hydrogen-bond acceptors (Lipinski definition) is 4. The maximum atomic E-state index is 13.2. The molecule has 1 N–H and O–H groups in total. The summed E-state index contributed by atoms with van der Waals surface area (Å²) in [6, 6.07) is 11.2. The summed E-state index contributed by atoms with van der Waals surface area (Å²) in [6.45, 7) is 1.87. The van der Waals surface area contributed by atoms with Crippen LogP contribution in [0.2, 0.25) is 5.02 Å².